The van der Waals surface area contributed by atoms with Crippen molar-refractivity contribution in [3.05, 3.63) is 27.1 Å². The second-order valence-corrected chi connectivity index (χ2v) is 5.48. The van der Waals surface area contributed by atoms with Gasteiger partial charge in [-0.1, -0.05) is 11.3 Å². The summed E-state index contributed by atoms with van der Waals surface area (Å²) in [5.74, 6) is 0.185. The van der Waals surface area contributed by atoms with Gasteiger partial charge in [0.15, 0.2) is 0 Å². The number of nitrogens with zero attached hydrogens (tertiary/aromatic N) is 2. The Morgan fingerprint density at radius 1 is 1.68 bits per heavy atom. The molecule has 0 aliphatic carbocycles. The van der Waals surface area contributed by atoms with E-state index in [1.54, 1.807) is 10.3 Å². The van der Waals surface area contributed by atoms with Gasteiger partial charge in [-0.25, -0.2) is 0 Å². The van der Waals surface area contributed by atoms with Crippen LogP contribution in [-0.2, 0) is 0 Å². The predicted molar refractivity (Wildman–Crippen MR) is 75.9 cm³/mol. The van der Waals surface area contributed by atoms with Crippen LogP contribution >= 0.6 is 23.7 Å². The van der Waals surface area contributed by atoms with E-state index in [9.17, 15) is 14.9 Å². The number of amides is 1. The zero-order chi connectivity index (χ0) is 13.3. The van der Waals surface area contributed by atoms with Crippen LogP contribution in [-0.4, -0.2) is 34.9 Å². The van der Waals surface area contributed by atoms with Crippen LogP contribution in [0.25, 0.3) is 0 Å². The standard InChI is InChI=1S/C11H15N3O3S.ClH/c1-7(12)8-2-3-13(5-8)11(15)9-4-10(14(16)17)18-6-9;/h4,6-8H,2-3,5,12H2,1H3;1H. The van der Waals surface area contributed by atoms with E-state index in [2.05, 4.69) is 0 Å². The number of rotatable bonds is 3. The maximum Gasteiger partial charge on any atom is 0.324 e. The fraction of sp³-hybridized carbons (Fsp3) is 0.545. The van der Waals surface area contributed by atoms with Crippen LogP contribution in [0, 0.1) is 16.0 Å². The van der Waals surface area contributed by atoms with Crippen molar-refractivity contribution in [2.45, 2.75) is 19.4 Å². The molecule has 2 heterocycles. The summed E-state index contributed by atoms with van der Waals surface area (Å²) in [6.45, 7) is 3.25. The first kappa shape index (κ1) is 15.9. The smallest absolute Gasteiger partial charge is 0.324 e. The van der Waals surface area contributed by atoms with Crippen molar-refractivity contribution < 1.29 is 9.72 Å². The maximum absolute atomic E-state index is 12.1. The number of carbonyl (C=O) groups is 1. The number of halogens is 1. The van der Waals surface area contributed by atoms with Gasteiger partial charge in [0.1, 0.15) is 0 Å². The Hall–Kier alpha value is -1.18. The molecule has 19 heavy (non-hydrogen) atoms. The average Bonchev–Trinajstić information content (AvgIpc) is 2.97. The lowest BCUT2D eigenvalue weighted by atomic mass is 10.0. The highest BCUT2D eigenvalue weighted by Gasteiger charge is 2.29. The Morgan fingerprint density at radius 2 is 2.37 bits per heavy atom. The highest BCUT2D eigenvalue weighted by Crippen LogP contribution is 2.26. The molecule has 2 atom stereocenters. The number of hydrogen-bond donors (Lipinski definition) is 1. The van der Waals surface area contributed by atoms with Crippen molar-refractivity contribution in [2.75, 3.05) is 13.1 Å². The number of likely N-dealkylation sites (tertiary alicyclic amines) is 1. The third-order valence-corrected chi connectivity index (χ3v) is 4.15. The number of nitrogens with two attached hydrogens (primary N) is 1. The summed E-state index contributed by atoms with van der Waals surface area (Å²) in [5, 5.41) is 12.1. The van der Waals surface area contributed by atoms with Gasteiger partial charge in [0.05, 0.1) is 10.5 Å². The van der Waals surface area contributed by atoms with Gasteiger partial charge < -0.3 is 10.6 Å². The minimum atomic E-state index is -0.476. The second-order valence-electron chi connectivity index (χ2n) is 4.59. The molecule has 0 saturated carbocycles. The molecule has 0 aromatic carbocycles. The predicted octanol–water partition coefficient (Wildman–Crippen LogP) is 1.89. The van der Waals surface area contributed by atoms with Crippen molar-refractivity contribution in [1.82, 2.24) is 4.90 Å². The molecule has 0 spiro atoms. The zero-order valence-corrected chi connectivity index (χ0v) is 12.1. The third kappa shape index (κ3) is 3.43. The van der Waals surface area contributed by atoms with E-state index in [1.807, 2.05) is 6.92 Å². The molecule has 1 amide bonds. The topological polar surface area (TPSA) is 89.5 Å². The Morgan fingerprint density at radius 3 is 2.84 bits per heavy atom. The van der Waals surface area contributed by atoms with E-state index in [1.165, 1.54) is 6.07 Å². The number of hydrogen-bond acceptors (Lipinski definition) is 5. The van der Waals surface area contributed by atoms with Crippen LogP contribution in [0.5, 0.6) is 0 Å². The van der Waals surface area contributed by atoms with Gasteiger partial charge in [-0.15, -0.1) is 12.4 Å². The van der Waals surface area contributed by atoms with E-state index in [0.29, 0.717) is 24.6 Å². The van der Waals surface area contributed by atoms with Crippen LogP contribution in [0.1, 0.15) is 23.7 Å². The molecular formula is C11H16ClN3O3S. The molecule has 1 aromatic heterocycles. The first-order chi connectivity index (χ1) is 8.49. The van der Waals surface area contributed by atoms with Crippen molar-refractivity contribution in [2.24, 2.45) is 11.7 Å². The molecule has 2 unspecified atom stereocenters. The van der Waals surface area contributed by atoms with Crippen molar-refractivity contribution >= 4 is 34.7 Å². The average molecular weight is 306 g/mol. The quantitative estimate of drug-likeness (QED) is 0.682. The molecule has 6 nitrogen and oxygen atoms in total. The van der Waals surface area contributed by atoms with Gasteiger partial charge in [-0.05, 0) is 19.3 Å². The molecule has 2 N–H and O–H groups in total. The lowest BCUT2D eigenvalue weighted by molar-refractivity contribution is -0.380. The van der Waals surface area contributed by atoms with Gasteiger partial charge in [0.25, 0.3) is 5.91 Å². The molecule has 1 aliphatic rings. The fourth-order valence-electron chi connectivity index (χ4n) is 2.12. The van der Waals surface area contributed by atoms with E-state index < -0.39 is 4.92 Å². The zero-order valence-electron chi connectivity index (χ0n) is 10.4. The van der Waals surface area contributed by atoms with Gasteiger partial charge in [-0.3, -0.25) is 14.9 Å². The Kier molecular flexibility index (Phi) is 5.28. The van der Waals surface area contributed by atoms with E-state index in [-0.39, 0.29) is 29.4 Å². The summed E-state index contributed by atoms with van der Waals surface area (Å²) in [6, 6.07) is 1.41. The normalized spacial score (nSPS) is 19.9. The second kappa shape index (κ2) is 6.31. The van der Waals surface area contributed by atoms with Gasteiger partial charge in [-0.2, -0.15) is 0 Å². The van der Waals surface area contributed by atoms with Gasteiger partial charge in [0, 0.05) is 30.6 Å². The molecule has 2 rings (SSSR count). The molecule has 8 heteroatoms. The van der Waals surface area contributed by atoms with Crippen molar-refractivity contribution in [3.63, 3.8) is 0 Å². The molecule has 1 saturated heterocycles. The van der Waals surface area contributed by atoms with Gasteiger partial charge in [0.2, 0.25) is 0 Å². The van der Waals surface area contributed by atoms with Crippen molar-refractivity contribution in [3.8, 4) is 0 Å². The highest BCUT2D eigenvalue weighted by atomic mass is 35.5. The SMILES string of the molecule is CC(N)C1CCN(C(=O)c2csc([N+](=O)[O-])c2)C1.Cl. The summed E-state index contributed by atoms with van der Waals surface area (Å²) < 4.78 is 0. The molecule has 1 aromatic rings. The van der Waals surface area contributed by atoms with E-state index in [0.717, 1.165) is 17.8 Å². The van der Waals surface area contributed by atoms with Crippen LogP contribution in [0.4, 0.5) is 5.00 Å². The van der Waals surface area contributed by atoms with Crippen LogP contribution < -0.4 is 5.73 Å². The highest BCUT2D eigenvalue weighted by molar-refractivity contribution is 7.13. The van der Waals surface area contributed by atoms with Crippen LogP contribution in [0.3, 0.4) is 0 Å². The lowest BCUT2D eigenvalue weighted by Gasteiger charge is -2.17. The summed E-state index contributed by atoms with van der Waals surface area (Å²) in [4.78, 5) is 23.9. The van der Waals surface area contributed by atoms with Crippen molar-refractivity contribution in [1.29, 1.82) is 0 Å². The number of nitro groups is 1. The molecule has 1 aliphatic heterocycles. The Labute approximate surface area is 121 Å². The largest absolute Gasteiger partial charge is 0.338 e. The third-order valence-electron chi connectivity index (χ3n) is 3.27. The molecule has 106 valence electrons. The monoisotopic (exact) mass is 305 g/mol. The van der Waals surface area contributed by atoms with E-state index in [4.69, 9.17) is 5.73 Å². The number of thiophene rings is 1. The van der Waals surface area contributed by atoms with E-state index >= 15 is 0 Å². The summed E-state index contributed by atoms with van der Waals surface area (Å²) >= 11 is 0.981. The molecular weight excluding hydrogens is 290 g/mol. The van der Waals surface area contributed by atoms with Crippen LogP contribution in [0.2, 0.25) is 0 Å². The van der Waals surface area contributed by atoms with Crippen LogP contribution in [0.15, 0.2) is 11.4 Å². The first-order valence-corrected chi connectivity index (χ1v) is 6.64. The Bertz CT molecular complexity index is 478. The lowest BCUT2D eigenvalue weighted by Crippen LogP contribution is -2.32. The molecule has 0 radical (unpaired) electrons. The molecule has 1 fully saturated rings. The minimum Gasteiger partial charge on any atom is -0.338 e. The number of carbonyl (C=O) groups excluding carboxylic acids is 1. The minimum absolute atomic E-state index is 0. The Balaban J connectivity index is 0.00000180. The summed E-state index contributed by atoms with van der Waals surface area (Å²) in [5.41, 5.74) is 6.22. The first-order valence-electron chi connectivity index (χ1n) is 5.77. The maximum atomic E-state index is 12.1. The van der Waals surface area contributed by atoms with Gasteiger partial charge >= 0.3 is 5.00 Å². The summed E-state index contributed by atoms with van der Waals surface area (Å²) in [7, 11) is 0. The fourth-order valence-corrected chi connectivity index (χ4v) is 2.81. The summed E-state index contributed by atoms with van der Waals surface area (Å²) in [6.07, 6.45) is 0.898. The molecule has 0 bridgehead atoms.